The molecule has 5 heteroatoms. The van der Waals surface area contributed by atoms with Crippen LogP contribution in [0.2, 0.25) is 0 Å². The topological polar surface area (TPSA) is 61.4 Å². The lowest BCUT2D eigenvalue weighted by Crippen LogP contribution is -2.35. The highest BCUT2D eigenvalue weighted by Gasteiger charge is 2.17. The van der Waals surface area contributed by atoms with Crippen molar-refractivity contribution in [3.63, 3.8) is 0 Å². The van der Waals surface area contributed by atoms with Gasteiger partial charge in [-0.1, -0.05) is 25.0 Å². The molecule has 1 fully saturated rings. The normalized spacial score (nSPS) is 16.2. The second kappa shape index (κ2) is 9.30. The number of hydrogen-bond donors (Lipinski definition) is 2. The Morgan fingerprint density at radius 3 is 2.29 bits per heavy atom. The quantitative estimate of drug-likeness (QED) is 0.842. The molecule has 0 aliphatic carbocycles. The largest absolute Gasteiger partial charge is 0.382 e. The van der Waals surface area contributed by atoms with Gasteiger partial charge in [0.15, 0.2) is 0 Å². The van der Waals surface area contributed by atoms with E-state index in [-0.39, 0.29) is 17.9 Å². The van der Waals surface area contributed by atoms with Crippen LogP contribution in [0.1, 0.15) is 44.6 Å². The Hall–Kier alpha value is -2.04. The van der Waals surface area contributed by atoms with E-state index in [9.17, 15) is 9.59 Å². The molecule has 0 bridgehead atoms. The average Bonchev–Trinajstić information content (AvgIpc) is 2.85. The summed E-state index contributed by atoms with van der Waals surface area (Å²) in [7, 11) is 1.64. The van der Waals surface area contributed by atoms with Gasteiger partial charge >= 0.3 is 0 Å². The minimum absolute atomic E-state index is 0.00660. The standard InChI is InChI=1S/C19H29N3O2/c1-15(13-19(24)22-11-5-3-4-6-12-22)21-17-9-7-16(8-10-17)14-18(23)20-2/h7-10,15,21H,3-6,11-14H2,1-2H3,(H,20,23). The molecule has 1 aromatic rings. The molecule has 2 N–H and O–H groups in total. The minimum atomic E-state index is 0.00660. The van der Waals surface area contributed by atoms with Gasteiger partial charge in [0, 0.05) is 38.3 Å². The van der Waals surface area contributed by atoms with E-state index in [4.69, 9.17) is 0 Å². The maximum atomic E-state index is 12.4. The Bertz CT molecular complexity index is 534. The fraction of sp³-hybridized carbons (Fsp3) is 0.579. The molecular formula is C19H29N3O2. The number of hydrogen-bond acceptors (Lipinski definition) is 3. The molecule has 132 valence electrons. The van der Waals surface area contributed by atoms with Crippen LogP contribution in [-0.4, -0.2) is 42.9 Å². The zero-order valence-electron chi connectivity index (χ0n) is 14.8. The molecule has 1 atom stereocenters. The Labute approximate surface area is 144 Å². The maximum Gasteiger partial charge on any atom is 0.224 e. The number of nitrogens with zero attached hydrogens (tertiary/aromatic N) is 1. The molecule has 1 unspecified atom stereocenters. The van der Waals surface area contributed by atoms with Crippen LogP contribution in [0, 0.1) is 0 Å². The van der Waals surface area contributed by atoms with Crippen molar-refractivity contribution in [2.24, 2.45) is 0 Å². The lowest BCUT2D eigenvalue weighted by Gasteiger charge is -2.23. The second-order valence-corrected chi connectivity index (χ2v) is 6.59. The Kier molecular flexibility index (Phi) is 7.09. The number of likely N-dealkylation sites (N-methyl/N-ethyl adjacent to an activating group) is 1. The molecule has 5 nitrogen and oxygen atoms in total. The zero-order valence-corrected chi connectivity index (χ0v) is 14.8. The molecule has 1 heterocycles. The van der Waals surface area contributed by atoms with Crippen LogP contribution in [0.3, 0.4) is 0 Å². The van der Waals surface area contributed by atoms with E-state index in [1.165, 1.54) is 12.8 Å². The smallest absolute Gasteiger partial charge is 0.224 e. The summed E-state index contributed by atoms with van der Waals surface area (Å²) in [6.07, 6.45) is 5.63. The number of carbonyl (C=O) groups is 2. The highest BCUT2D eigenvalue weighted by molar-refractivity contribution is 5.78. The van der Waals surface area contributed by atoms with Gasteiger partial charge in [-0.3, -0.25) is 9.59 Å². The number of anilines is 1. The number of carbonyl (C=O) groups excluding carboxylic acids is 2. The highest BCUT2D eigenvalue weighted by Crippen LogP contribution is 2.15. The van der Waals surface area contributed by atoms with E-state index in [0.29, 0.717) is 12.8 Å². The van der Waals surface area contributed by atoms with Crippen molar-refractivity contribution < 1.29 is 9.59 Å². The molecule has 0 spiro atoms. The minimum Gasteiger partial charge on any atom is -0.382 e. The maximum absolute atomic E-state index is 12.4. The Morgan fingerprint density at radius 1 is 1.08 bits per heavy atom. The van der Waals surface area contributed by atoms with Gasteiger partial charge in [0.25, 0.3) is 0 Å². The number of nitrogens with one attached hydrogen (secondary N) is 2. The van der Waals surface area contributed by atoms with Crippen LogP contribution >= 0.6 is 0 Å². The number of likely N-dealkylation sites (tertiary alicyclic amines) is 1. The molecule has 1 aliphatic heterocycles. The van der Waals surface area contributed by atoms with Crippen LogP contribution in [0.4, 0.5) is 5.69 Å². The molecule has 24 heavy (non-hydrogen) atoms. The summed E-state index contributed by atoms with van der Waals surface area (Å²) >= 11 is 0. The number of amides is 2. The van der Waals surface area contributed by atoms with Gasteiger partial charge in [-0.25, -0.2) is 0 Å². The summed E-state index contributed by atoms with van der Waals surface area (Å²) in [5.74, 6) is 0.250. The van der Waals surface area contributed by atoms with E-state index >= 15 is 0 Å². The van der Waals surface area contributed by atoms with Gasteiger partial charge < -0.3 is 15.5 Å². The summed E-state index contributed by atoms with van der Waals surface area (Å²) in [5, 5.41) is 5.99. The molecule has 0 saturated carbocycles. The van der Waals surface area contributed by atoms with Gasteiger partial charge in [-0.15, -0.1) is 0 Å². The van der Waals surface area contributed by atoms with Gasteiger partial charge in [-0.2, -0.15) is 0 Å². The third-order valence-electron chi connectivity index (χ3n) is 4.45. The molecule has 1 aliphatic rings. The van der Waals surface area contributed by atoms with Crippen molar-refractivity contribution in [2.75, 3.05) is 25.5 Å². The Morgan fingerprint density at radius 2 is 1.71 bits per heavy atom. The summed E-state index contributed by atoms with van der Waals surface area (Å²) in [4.78, 5) is 25.8. The second-order valence-electron chi connectivity index (χ2n) is 6.59. The molecule has 0 aromatic heterocycles. The van der Waals surface area contributed by atoms with Crippen LogP contribution in [0.15, 0.2) is 24.3 Å². The van der Waals surface area contributed by atoms with Crippen molar-refractivity contribution in [1.82, 2.24) is 10.2 Å². The monoisotopic (exact) mass is 331 g/mol. The summed E-state index contributed by atoms with van der Waals surface area (Å²) in [6.45, 7) is 3.84. The molecule has 0 radical (unpaired) electrons. The zero-order chi connectivity index (χ0) is 17.4. The number of benzene rings is 1. The van der Waals surface area contributed by atoms with Crippen LogP contribution in [0.5, 0.6) is 0 Å². The molecule has 1 saturated heterocycles. The number of rotatable bonds is 6. The van der Waals surface area contributed by atoms with Gasteiger partial charge in [0.1, 0.15) is 0 Å². The summed E-state index contributed by atoms with van der Waals surface area (Å²) < 4.78 is 0. The lowest BCUT2D eigenvalue weighted by atomic mass is 10.1. The fourth-order valence-electron chi connectivity index (χ4n) is 3.04. The van der Waals surface area contributed by atoms with Crippen molar-refractivity contribution >= 4 is 17.5 Å². The van der Waals surface area contributed by atoms with E-state index in [0.717, 1.165) is 37.2 Å². The first kappa shape index (κ1) is 18.3. The molecule has 1 aromatic carbocycles. The first-order chi connectivity index (χ1) is 11.6. The van der Waals surface area contributed by atoms with Crippen LogP contribution in [-0.2, 0) is 16.0 Å². The van der Waals surface area contributed by atoms with E-state index in [2.05, 4.69) is 10.6 Å². The van der Waals surface area contributed by atoms with Gasteiger partial charge in [-0.05, 0) is 37.5 Å². The van der Waals surface area contributed by atoms with Crippen molar-refractivity contribution in [1.29, 1.82) is 0 Å². The Balaban J connectivity index is 1.81. The van der Waals surface area contributed by atoms with E-state index in [1.807, 2.05) is 36.1 Å². The summed E-state index contributed by atoms with van der Waals surface area (Å²) in [6, 6.07) is 7.91. The molecule has 2 amide bonds. The SMILES string of the molecule is CNC(=O)Cc1ccc(NC(C)CC(=O)N2CCCCCC2)cc1. The average molecular weight is 331 g/mol. The van der Waals surface area contributed by atoms with E-state index in [1.54, 1.807) is 7.05 Å². The van der Waals surface area contributed by atoms with Crippen LogP contribution < -0.4 is 10.6 Å². The first-order valence-corrected chi connectivity index (χ1v) is 8.92. The third kappa shape index (κ3) is 5.87. The molecular weight excluding hydrogens is 302 g/mol. The van der Waals surface area contributed by atoms with E-state index < -0.39 is 0 Å². The highest BCUT2D eigenvalue weighted by atomic mass is 16.2. The van der Waals surface area contributed by atoms with Gasteiger partial charge in [0.2, 0.25) is 11.8 Å². The third-order valence-corrected chi connectivity index (χ3v) is 4.45. The van der Waals surface area contributed by atoms with Crippen LogP contribution in [0.25, 0.3) is 0 Å². The first-order valence-electron chi connectivity index (χ1n) is 8.92. The predicted molar refractivity (Wildman–Crippen MR) is 97.0 cm³/mol. The predicted octanol–water partition coefficient (Wildman–Crippen LogP) is 2.57. The lowest BCUT2D eigenvalue weighted by molar-refractivity contribution is -0.131. The van der Waals surface area contributed by atoms with Crippen molar-refractivity contribution in [3.05, 3.63) is 29.8 Å². The fourth-order valence-corrected chi connectivity index (χ4v) is 3.04. The summed E-state index contributed by atoms with van der Waals surface area (Å²) in [5.41, 5.74) is 1.96. The van der Waals surface area contributed by atoms with Crippen molar-refractivity contribution in [2.45, 2.75) is 51.5 Å². The van der Waals surface area contributed by atoms with Crippen molar-refractivity contribution in [3.8, 4) is 0 Å². The molecule has 2 rings (SSSR count). The van der Waals surface area contributed by atoms with Gasteiger partial charge in [0.05, 0.1) is 6.42 Å².